The highest BCUT2D eigenvalue weighted by Gasteiger charge is 2.35. The average Bonchev–Trinajstić information content (AvgIpc) is 3.27. The van der Waals surface area contributed by atoms with Crippen LogP contribution in [-0.2, 0) is 0 Å². The van der Waals surface area contributed by atoms with Crippen LogP contribution in [0.25, 0.3) is 0 Å². The number of ether oxygens (including phenoxy) is 2. The molecule has 1 saturated heterocycles. The smallest absolute Gasteiger partial charge is 0.127 e. The third kappa shape index (κ3) is 3.16. The van der Waals surface area contributed by atoms with Gasteiger partial charge in [-0.1, -0.05) is 6.07 Å². The molecule has 1 N–H and O–H groups in total. The van der Waals surface area contributed by atoms with Crippen LogP contribution in [0.1, 0.15) is 30.9 Å². The Morgan fingerprint density at radius 1 is 1.19 bits per heavy atom. The van der Waals surface area contributed by atoms with Crippen molar-refractivity contribution in [2.45, 2.75) is 31.3 Å². The van der Waals surface area contributed by atoms with Gasteiger partial charge in [-0.15, -0.1) is 0 Å². The van der Waals surface area contributed by atoms with E-state index in [9.17, 15) is 0 Å². The Morgan fingerprint density at radius 2 is 2.00 bits per heavy atom. The summed E-state index contributed by atoms with van der Waals surface area (Å²) in [5.41, 5.74) is 1.28. The normalized spacial score (nSPS) is 26.0. The van der Waals surface area contributed by atoms with Crippen LogP contribution in [0.15, 0.2) is 18.2 Å². The van der Waals surface area contributed by atoms with Gasteiger partial charge in [0.05, 0.1) is 14.2 Å². The second-order valence-corrected chi connectivity index (χ2v) is 6.26. The van der Waals surface area contributed by atoms with Crippen LogP contribution < -0.4 is 14.8 Å². The fourth-order valence-electron chi connectivity index (χ4n) is 3.40. The molecule has 1 aliphatic carbocycles. The van der Waals surface area contributed by atoms with Crippen LogP contribution in [0.3, 0.4) is 0 Å². The molecule has 116 valence electrons. The first-order chi connectivity index (χ1) is 10.2. The number of hydrogen-bond acceptors (Lipinski definition) is 4. The van der Waals surface area contributed by atoms with Gasteiger partial charge in [-0.25, -0.2) is 0 Å². The molecular weight excluding hydrogens is 264 g/mol. The van der Waals surface area contributed by atoms with Gasteiger partial charge in [0, 0.05) is 30.3 Å². The van der Waals surface area contributed by atoms with Crippen LogP contribution in [0, 0.1) is 5.92 Å². The van der Waals surface area contributed by atoms with Gasteiger partial charge >= 0.3 is 0 Å². The number of nitrogens with zero attached hydrogens (tertiary/aromatic N) is 1. The van der Waals surface area contributed by atoms with Gasteiger partial charge < -0.3 is 14.8 Å². The highest BCUT2D eigenvalue weighted by molar-refractivity contribution is 5.43. The molecule has 21 heavy (non-hydrogen) atoms. The molecule has 1 aliphatic heterocycles. The van der Waals surface area contributed by atoms with Gasteiger partial charge in [0.15, 0.2) is 0 Å². The second-order valence-electron chi connectivity index (χ2n) is 6.26. The lowest BCUT2D eigenvalue weighted by molar-refractivity contribution is 0.262. The number of nitrogens with one attached hydrogen (secondary N) is 1. The maximum Gasteiger partial charge on any atom is 0.127 e. The van der Waals surface area contributed by atoms with Crippen LogP contribution in [0.2, 0.25) is 0 Å². The molecule has 1 heterocycles. The van der Waals surface area contributed by atoms with Gasteiger partial charge in [-0.05, 0) is 44.8 Å². The Balaban J connectivity index is 1.81. The number of benzene rings is 1. The lowest BCUT2D eigenvalue weighted by Gasteiger charge is -2.27. The summed E-state index contributed by atoms with van der Waals surface area (Å²) in [7, 11) is 5.65. The van der Waals surface area contributed by atoms with Crippen LogP contribution in [0.5, 0.6) is 11.5 Å². The Morgan fingerprint density at radius 3 is 2.67 bits per heavy atom. The van der Waals surface area contributed by atoms with Crippen LogP contribution in [0.4, 0.5) is 0 Å². The summed E-state index contributed by atoms with van der Waals surface area (Å²) in [6, 6.07) is 7.39. The predicted molar refractivity (Wildman–Crippen MR) is 84.0 cm³/mol. The van der Waals surface area contributed by atoms with Crippen molar-refractivity contribution < 1.29 is 9.47 Å². The molecule has 4 heteroatoms. The van der Waals surface area contributed by atoms with E-state index in [1.165, 1.54) is 24.8 Å². The number of hydrogen-bond donors (Lipinski definition) is 1. The molecule has 2 aliphatic rings. The zero-order valence-electron chi connectivity index (χ0n) is 13.3. The molecule has 3 rings (SSSR count). The fourth-order valence-corrected chi connectivity index (χ4v) is 3.40. The number of likely N-dealkylation sites (tertiary alicyclic amines) is 1. The fraction of sp³-hybridized carbons (Fsp3) is 0.647. The summed E-state index contributed by atoms with van der Waals surface area (Å²) in [6.45, 7) is 2.26. The van der Waals surface area contributed by atoms with E-state index in [4.69, 9.17) is 9.47 Å². The van der Waals surface area contributed by atoms with Crippen molar-refractivity contribution in [1.29, 1.82) is 0 Å². The standard InChI is InChI=1S/C17H26N2O2/c1-19-9-8-12(11-18-13-4-5-13)17(19)15-7-6-14(20-2)10-16(15)21-3/h6-7,10,12-13,17-18H,4-5,8-9,11H2,1-3H3. The molecule has 2 atom stereocenters. The van der Waals surface area contributed by atoms with Gasteiger partial charge in [-0.2, -0.15) is 0 Å². The number of methoxy groups -OCH3 is 2. The predicted octanol–water partition coefficient (Wildman–Crippen LogP) is 2.45. The third-order valence-electron chi connectivity index (χ3n) is 4.78. The maximum absolute atomic E-state index is 5.61. The lowest BCUT2D eigenvalue weighted by atomic mass is 9.92. The number of rotatable bonds is 6. The van der Waals surface area contributed by atoms with Crippen molar-refractivity contribution in [1.82, 2.24) is 10.2 Å². The molecule has 2 fully saturated rings. The van der Waals surface area contributed by atoms with Crippen LogP contribution in [-0.4, -0.2) is 45.3 Å². The zero-order valence-corrected chi connectivity index (χ0v) is 13.3. The summed E-state index contributed by atoms with van der Waals surface area (Å²) in [5, 5.41) is 3.69. The molecule has 1 aromatic carbocycles. The summed E-state index contributed by atoms with van der Waals surface area (Å²) >= 11 is 0. The van der Waals surface area contributed by atoms with Crippen molar-refractivity contribution in [3.05, 3.63) is 23.8 Å². The average molecular weight is 290 g/mol. The Labute approximate surface area is 127 Å². The minimum Gasteiger partial charge on any atom is -0.497 e. The first-order valence-electron chi connectivity index (χ1n) is 7.88. The quantitative estimate of drug-likeness (QED) is 0.872. The Kier molecular flexibility index (Phi) is 4.36. The van der Waals surface area contributed by atoms with E-state index in [1.54, 1.807) is 14.2 Å². The first kappa shape index (κ1) is 14.7. The maximum atomic E-state index is 5.61. The summed E-state index contributed by atoms with van der Waals surface area (Å²) in [5.74, 6) is 2.44. The molecule has 1 saturated carbocycles. The Hall–Kier alpha value is -1.26. The monoisotopic (exact) mass is 290 g/mol. The summed E-state index contributed by atoms with van der Waals surface area (Å²) < 4.78 is 10.9. The molecule has 0 bridgehead atoms. The van der Waals surface area contributed by atoms with Gasteiger partial charge in [0.2, 0.25) is 0 Å². The van der Waals surface area contributed by atoms with E-state index >= 15 is 0 Å². The van der Waals surface area contributed by atoms with Crippen molar-refractivity contribution >= 4 is 0 Å². The van der Waals surface area contributed by atoms with E-state index in [-0.39, 0.29) is 0 Å². The highest BCUT2D eigenvalue weighted by atomic mass is 16.5. The zero-order chi connectivity index (χ0) is 14.8. The molecule has 0 radical (unpaired) electrons. The lowest BCUT2D eigenvalue weighted by Crippen LogP contribution is -2.29. The molecule has 0 aromatic heterocycles. The van der Waals surface area contributed by atoms with E-state index in [0.717, 1.165) is 30.6 Å². The van der Waals surface area contributed by atoms with Crippen molar-refractivity contribution in [2.24, 2.45) is 5.92 Å². The molecule has 0 amide bonds. The molecule has 4 nitrogen and oxygen atoms in total. The first-order valence-corrected chi connectivity index (χ1v) is 7.88. The van der Waals surface area contributed by atoms with Crippen molar-refractivity contribution in [3.8, 4) is 11.5 Å². The molecular formula is C17H26N2O2. The highest BCUT2D eigenvalue weighted by Crippen LogP contribution is 2.41. The van der Waals surface area contributed by atoms with Crippen molar-refractivity contribution in [2.75, 3.05) is 34.4 Å². The topological polar surface area (TPSA) is 33.7 Å². The van der Waals surface area contributed by atoms with Gasteiger partial charge in [-0.3, -0.25) is 4.90 Å². The van der Waals surface area contributed by atoms with E-state index in [1.807, 2.05) is 12.1 Å². The minimum absolute atomic E-state index is 0.428. The molecule has 1 aromatic rings. The van der Waals surface area contributed by atoms with E-state index in [2.05, 4.69) is 23.3 Å². The Bertz CT molecular complexity index is 488. The SMILES string of the molecule is COc1ccc(C2C(CNC3CC3)CCN2C)c(OC)c1. The third-order valence-corrected chi connectivity index (χ3v) is 4.78. The van der Waals surface area contributed by atoms with Crippen molar-refractivity contribution in [3.63, 3.8) is 0 Å². The molecule has 0 spiro atoms. The largest absolute Gasteiger partial charge is 0.497 e. The summed E-state index contributed by atoms with van der Waals surface area (Å²) in [4.78, 5) is 2.45. The molecule has 2 unspecified atom stereocenters. The van der Waals surface area contributed by atoms with Gasteiger partial charge in [0.25, 0.3) is 0 Å². The van der Waals surface area contributed by atoms with Gasteiger partial charge in [0.1, 0.15) is 11.5 Å². The minimum atomic E-state index is 0.428. The van der Waals surface area contributed by atoms with E-state index in [0.29, 0.717) is 12.0 Å². The van der Waals surface area contributed by atoms with Crippen LogP contribution >= 0.6 is 0 Å². The summed E-state index contributed by atoms with van der Waals surface area (Å²) in [6.07, 6.45) is 3.94. The second kappa shape index (κ2) is 6.24. The van der Waals surface area contributed by atoms with E-state index < -0.39 is 0 Å².